The van der Waals surface area contributed by atoms with Gasteiger partial charge in [0.15, 0.2) is 5.76 Å². The van der Waals surface area contributed by atoms with Crippen LogP contribution >= 0.6 is 0 Å². The topological polar surface area (TPSA) is 68.3 Å². The lowest BCUT2D eigenvalue weighted by Crippen LogP contribution is -2.23. The maximum Gasteiger partial charge on any atom is 0.287 e. The Kier molecular flexibility index (Phi) is 3.25. The first kappa shape index (κ1) is 13.4. The molecule has 0 aliphatic carbocycles. The van der Waals surface area contributed by atoms with E-state index in [0.717, 1.165) is 22.4 Å². The number of oxazole rings is 1. The van der Waals surface area contributed by atoms with Crippen molar-refractivity contribution in [1.82, 2.24) is 10.3 Å². The summed E-state index contributed by atoms with van der Waals surface area (Å²) >= 11 is 0. The van der Waals surface area contributed by atoms with Gasteiger partial charge in [-0.3, -0.25) is 4.79 Å². The molecular formula is C16H16N2O3. The van der Waals surface area contributed by atoms with Crippen LogP contribution < -0.4 is 5.32 Å². The van der Waals surface area contributed by atoms with Gasteiger partial charge < -0.3 is 14.2 Å². The molecule has 0 saturated heterocycles. The number of benzene rings is 1. The minimum atomic E-state index is -0.266. The molecule has 0 aliphatic heterocycles. The molecule has 0 radical (unpaired) electrons. The van der Waals surface area contributed by atoms with Crippen LogP contribution in [-0.4, -0.2) is 10.9 Å². The van der Waals surface area contributed by atoms with Gasteiger partial charge in [-0.05, 0) is 26.8 Å². The molecule has 5 heteroatoms. The number of carbonyl (C=O) groups excluding carboxylic acids is 1. The van der Waals surface area contributed by atoms with Gasteiger partial charge in [-0.15, -0.1) is 0 Å². The molecule has 0 unspecified atom stereocenters. The van der Waals surface area contributed by atoms with E-state index in [4.69, 9.17) is 8.83 Å². The van der Waals surface area contributed by atoms with Gasteiger partial charge in [0, 0.05) is 10.9 Å². The van der Waals surface area contributed by atoms with Gasteiger partial charge in [0.05, 0.1) is 12.2 Å². The van der Waals surface area contributed by atoms with Crippen LogP contribution in [0.5, 0.6) is 0 Å². The predicted octanol–water partition coefficient (Wildman–Crippen LogP) is 3.28. The summed E-state index contributed by atoms with van der Waals surface area (Å²) in [5.41, 5.74) is 2.38. The first-order chi connectivity index (χ1) is 10.1. The minimum Gasteiger partial charge on any atom is -0.451 e. The van der Waals surface area contributed by atoms with Crippen LogP contribution in [0.25, 0.3) is 11.0 Å². The third-order valence-corrected chi connectivity index (χ3v) is 3.52. The summed E-state index contributed by atoms with van der Waals surface area (Å²) in [6.45, 7) is 5.83. The molecule has 3 aromatic rings. The highest BCUT2D eigenvalue weighted by Crippen LogP contribution is 2.24. The van der Waals surface area contributed by atoms with Crippen LogP contribution in [0.3, 0.4) is 0 Å². The second-order valence-corrected chi connectivity index (χ2v) is 4.98. The number of nitrogens with zero attached hydrogens (tertiary/aromatic N) is 1. The maximum atomic E-state index is 12.2. The lowest BCUT2D eigenvalue weighted by Gasteiger charge is -2.00. The lowest BCUT2D eigenvalue weighted by atomic mass is 10.1. The highest BCUT2D eigenvalue weighted by atomic mass is 16.4. The van der Waals surface area contributed by atoms with E-state index in [1.165, 1.54) is 0 Å². The van der Waals surface area contributed by atoms with Crippen molar-refractivity contribution in [3.63, 3.8) is 0 Å². The molecule has 3 rings (SSSR count). The van der Waals surface area contributed by atoms with Crippen molar-refractivity contribution in [2.75, 3.05) is 0 Å². The third kappa shape index (κ3) is 2.42. The van der Waals surface area contributed by atoms with E-state index >= 15 is 0 Å². The van der Waals surface area contributed by atoms with Crippen molar-refractivity contribution in [1.29, 1.82) is 0 Å². The van der Waals surface area contributed by atoms with Gasteiger partial charge in [-0.1, -0.05) is 18.2 Å². The molecule has 1 aromatic carbocycles. The summed E-state index contributed by atoms with van der Waals surface area (Å²) in [6, 6.07) is 7.59. The largest absolute Gasteiger partial charge is 0.451 e. The van der Waals surface area contributed by atoms with Crippen molar-refractivity contribution in [2.45, 2.75) is 27.3 Å². The van der Waals surface area contributed by atoms with Crippen LogP contribution in [0.4, 0.5) is 0 Å². The fourth-order valence-electron chi connectivity index (χ4n) is 2.24. The molecule has 2 heterocycles. The first-order valence-corrected chi connectivity index (χ1v) is 6.75. The number of fused-ring (bicyclic) bond motifs is 1. The summed E-state index contributed by atoms with van der Waals surface area (Å²) < 4.78 is 11.0. The number of para-hydroxylation sites is 1. The van der Waals surface area contributed by atoms with Crippen LogP contribution in [0.15, 0.2) is 33.1 Å². The molecule has 0 atom stereocenters. The molecule has 5 nitrogen and oxygen atoms in total. The zero-order valence-corrected chi connectivity index (χ0v) is 12.2. The monoisotopic (exact) mass is 284 g/mol. The SMILES string of the molecule is Cc1nc(CNC(=O)c2oc3ccccc3c2C)oc1C. The molecule has 0 fully saturated rings. The zero-order chi connectivity index (χ0) is 15.0. The normalized spacial score (nSPS) is 11.0. The molecule has 0 spiro atoms. The molecule has 108 valence electrons. The smallest absolute Gasteiger partial charge is 0.287 e. The first-order valence-electron chi connectivity index (χ1n) is 6.75. The van der Waals surface area contributed by atoms with E-state index in [-0.39, 0.29) is 12.5 Å². The van der Waals surface area contributed by atoms with Crippen molar-refractivity contribution < 1.29 is 13.6 Å². The summed E-state index contributed by atoms with van der Waals surface area (Å²) in [5.74, 6) is 1.32. The number of nitrogens with one attached hydrogen (secondary N) is 1. The quantitative estimate of drug-likeness (QED) is 0.801. The minimum absolute atomic E-state index is 0.240. The lowest BCUT2D eigenvalue weighted by molar-refractivity contribution is 0.0920. The van der Waals surface area contributed by atoms with Crippen LogP contribution in [0.1, 0.15) is 33.5 Å². The Bertz CT molecular complexity index is 795. The Hall–Kier alpha value is -2.56. The van der Waals surface area contributed by atoms with Gasteiger partial charge >= 0.3 is 0 Å². The number of carbonyl (C=O) groups is 1. The van der Waals surface area contributed by atoms with Crippen LogP contribution in [0.2, 0.25) is 0 Å². The number of aryl methyl sites for hydroxylation is 3. The molecule has 2 aromatic heterocycles. The standard InChI is InChI=1S/C16H16N2O3/c1-9-12-6-4-5-7-13(12)21-15(9)16(19)17-8-14-18-10(2)11(3)20-14/h4-7H,8H2,1-3H3,(H,17,19). The summed E-state index contributed by atoms with van der Waals surface area (Å²) in [5, 5.41) is 3.72. The van der Waals surface area contributed by atoms with Crippen molar-refractivity contribution >= 4 is 16.9 Å². The van der Waals surface area contributed by atoms with Crippen molar-refractivity contribution in [2.24, 2.45) is 0 Å². The maximum absolute atomic E-state index is 12.2. The molecule has 1 amide bonds. The van der Waals surface area contributed by atoms with Gasteiger partial charge in [-0.2, -0.15) is 0 Å². The van der Waals surface area contributed by atoms with Gasteiger partial charge in [0.1, 0.15) is 11.3 Å². The van der Waals surface area contributed by atoms with Gasteiger partial charge in [0.25, 0.3) is 5.91 Å². The Morgan fingerprint density at radius 1 is 1.19 bits per heavy atom. The second kappa shape index (κ2) is 5.09. The van der Waals surface area contributed by atoms with Gasteiger partial charge in [-0.25, -0.2) is 4.98 Å². The fourth-order valence-corrected chi connectivity index (χ4v) is 2.24. The van der Waals surface area contributed by atoms with E-state index in [2.05, 4.69) is 10.3 Å². The zero-order valence-electron chi connectivity index (χ0n) is 12.2. The highest BCUT2D eigenvalue weighted by molar-refractivity contribution is 5.98. The Labute approximate surface area is 122 Å². The van der Waals surface area contributed by atoms with E-state index in [9.17, 15) is 4.79 Å². The van der Waals surface area contributed by atoms with E-state index in [1.54, 1.807) is 0 Å². The predicted molar refractivity (Wildman–Crippen MR) is 78.1 cm³/mol. The number of rotatable bonds is 3. The summed E-state index contributed by atoms with van der Waals surface area (Å²) in [4.78, 5) is 16.5. The molecular weight excluding hydrogens is 268 g/mol. The number of hydrogen-bond donors (Lipinski definition) is 1. The van der Waals surface area contributed by atoms with E-state index in [1.807, 2.05) is 45.0 Å². The number of furan rings is 1. The van der Waals surface area contributed by atoms with Crippen LogP contribution in [-0.2, 0) is 6.54 Å². The fraction of sp³-hybridized carbons (Fsp3) is 0.250. The van der Waals surface area contributed by atoms with Crippen molar-refractivity contribution in [3.8, 4) is 0 Å². The molecule has 0 bridgehead atoms. The van der Waals surface area contributed by atoms with Crippen LogP contribution in [0, 0.1) is 20.8 Å². The Balaban J connectivity index is 1.79. The van der Waals surface area contributed by atoms with E-state index < -0.39 is 0 Å². The Morgan fingerprint density at radius 3 is 2.62 bits per heavy atom. The average Bonchev–Trinajstić information content (AvgIpc) is 2.98. The number of amides is 1. The highest BCUT2D eigenvalue weighted by Gasteiger charge is 2.17. The van der Waals surface area contributed by atoms with E-state index in [0.29, 0.717) is 17.2 Å². The summed E-state index contributed by atoms with van der Waals surface area (Å²) in [6.07, 6.45) is 0. The summed E-state index contributed by atoms with van der Waals surface area (Å²) in [7, 11) is 0. The molecule has 0 aliphatic rings. The third-order valence-electron chi connectivity index (χ3n) is 3.52. The van der Waals surface area contributed by atoms with Crippen molar-refractivity contribution in [3.05, 3.63) is 52.9 Å². The Morgan fingerprint density at radius 2 is 1.95 bits per heavy atom. The van der Waals surface area contributed by atoms with Gasteiger partial charge in [0.2, 0.25) is 5.89 Å². The molecule has 21 heavy (non-hydrogen) atoms. The average molecular weight is 284 g/mol. The number of aromatic nitrogens is 1. The molecule has 1 N–H and O–H groups in total. The number of hydrogen-bond acceptors (Lipinski definition) is 4. The molecule has 0 saturated carbocycles. The second-order valence-electron chi connectivity index (χ2n) is 4.98.